The van der Waals surface area contributed by atoms with Gasteiger partial charge in [-0.3, -0.25) is 9.69 Å². The fourth-order valence-electron chi connectivity index (χ4n) is 3.32. The number of thiophene rings is 1. The van der Waals surface area contributed by atoms with Crippen molar-refractivity contribution in [1.29, 1.82) is 0 Å². The van der Waals surface area contributed by atoms with Gasteiger partial charge in [0.05, 0.1) is 18.6 Å². The van der Waals surface area contributed by atoms with Gasteiger partial charge in [0.1, 0.15) is 5.75 Å². The molecule has 2 heterocycles. The maximum Gasteiger partial charge on any atom is 0.306 e. The molecule has 1 saturated heterocycles. The minimum atomic E-state index is -0.664. The molecule has 0 amide bonds. The Labute approximate surface area is 146 Å². The first kappa shape index (κ1) is 17.0. The number of carbonyl (C=O) groups is 1. The zero-order valence-corrected chi connectivity index (χ0v) is 14.7. The second-order valence-electron chi connectivity index (χ2n) is 6.07. The Balaban J connectivity index is 1.81. The van der Waals surface area contributed by atoms with Gasteiger partial charge in [-0.05, 0) is 62.0 Å². The van der Waals surface area contributed by atoms with Gasteiger partial charge in [0, 0.05) is 4.88 Å². The maximum absolute atomic E-state index is 11.2. The molecule has 0 aliphatic carbocycles. The predicted molar refractivity (Wildman–Crippen MR) is 95.7 cm³/mol. The Bertz CT molecular complexity index is 646. The lowest BCUT2D eigenvalue weighted by Gasteiger charge is -2.36. The van der Waals surface area contributed by atoms with Crippen LogP contribution in [0.25, 0.3) is 0 Å². The first-order valence-corrected chi connectivity index (χ1v) is 9.30. The van der Waals surface area contributed by atoms with Crippen LogP contribution in [0, 0.1) is 5.92 Å². The molecule has 0 saturated carbocycles. The van der Waals surface area contributed by atoms with Crippen molar-refractivity contribution in [1.82, 2.24) is 4.90 Å². The van der Waals surface area contributed by atoms with E-state index in [9.17, 15) is 9.90 Å². The summed E-state index contributed by atoms with van der Waals surface area (Å²) < 4.78 is 5.54. The number of carboxylic acid groups (broad SMARTS) is 1. The summed E-state index contributed by atoms with van der Waals surface area (Å²) in [5.74, 6) is 0.0183. The van der Waals surface area contributed by atoms with E-state index in [0.717, 1.165) is 18.8 Å². The molecule has 1 N–H and O–H groups in total. The summed E-state index contributed by atoms with van der Waals surface area (Å²) in [6.45, 7) is 4.27. The maximum atomic E-state index is 11.2. The lowest BCUT2D eigenvalue weighted by atomic mass is 9.94. The minimum absolute atomic E-state index is 0.190. The molecule has 0 radical (unpaired) electrons. The first-order chi connectivity index (χ1) is 11.7. The lowest BCUT2D eigenvalue weighted by Crippen LogP contribution is -2.39. The van der Waals surface area contributed by atoms with Crippen LogP contribution in [-0.4, -0.2) is 35.7 Å². The Morgan fingerprint density at radius 2 is 2.00 bits per heavy atom. The predicted octanol–water partition coefficient (Wildman–Crippen LogP) is 4.03. The van der Waals surface area contributed by atoms with E-state index < -0.39 is 5.97 Å². The minimum Gasteiger partial charge on any atom is -0.494 e. The van der Waals surface area contributed by atoms with Gasteiger partial charge < -0.3 is 9.84 Å². The van der Waals surface area contributed by atoms with Gasteiger partial charge >= 0.3 is 5.97 Å². The summed E-state index contributed by atoms with van der Waals surface area (Å²) in [7, 11) is 0. The molecule has 1 atom stereocenters. The van der Waals surface area contributed by atoms with Crippen molar-refractivity contribution >= 4 is 17.3 Å². The van der Waals surface area contributed by atoms with E-state index in [0.29, 0.717) is 19.4 Å². The Morgan fingerprint density at radius 3 is 2.54 bits per heavy atom. The Hall–Kier alpha value is -1.85. The molecule has 0 spiro atoms. The van der Waals surface area contributed by atoms with Crippen molar-refractivity contribution in [3.8, 4) is 5.75 Å². The molecular formula is C19H23NO3S. The van der Waals surface area contributed by atoms with Crippen molar-refractivity contribution in [3.05, 3.63) is 52.2 Å². The molecular weight excluding hydrogens is 322 g/mol. The van der Waals surface area contributed by atoms with Crippen LogP contribution < -0.4 is 4.74 Å². The zero-order valence-electron chi connectivity index (χ0n) is 13.9. The normalized spacial score (nSPS) is 17.5. The smallest absolute Gasteiger partial charge is 0.306 e. The highest BCUT2D eigenvalue weighted by atomic mass is 32.1. The number of carboxylic acids is 1. The summed E-state index contributed by atoms with van der Waals surface area (Å²) in [6, 6.07) is 12.7. The van der Waals surface area contributed by atoms with Crippen LogP contribution in [0.4, 0.5) is 0 Å². The van der Waals surface area contributed by atoms with Crippen LogP contribution in [0.3, 0.4) is 0 Å². The van der Waals surface area contributed by atoms with E-state index in [4.69, 9.17) is 4.74 Å². The van der Waals surface area contributed by atoms with Crippen LogP contribution >= 0.6 is 11.3 Å². The fourth-order valence-corrected chi connectivity index (χ4v) is 4.20. The summed E-state index contributed by atoms with van der Waals surface area (Å²) in [5, 5.41) is 11.3. The molecule has 1 unspecified atom stereocenters. The van der Waals surface area contributed by atoms with E-state index in [2.05, 4.69) is 34.5 Å². The van der Waals surface area contributed by atoms with Crippen molar-refractivity contribution in [2.45, 2.75) is 25.8 Å². The van der Waals surface area contributed by atoms with E-state index in [-0.39, 0.29) is 12.0 Å². The summed E-state index contributed by atoms with van der Waals surface area (Å²) in [6.07, 6.45) is 1.43. The van der Waals surface area contributed by atoms with Crippen LogP contribution in [0.1, 0.15) is 36.2 Å². The van der Waals surface area contributed by atoms with Gasteiger partial charge in [0.2, 0.25) is 0 Å². The molecule has 4 nitrogen and oxygen atoms in total. The van der Waals surface area contributed by atoms with Gasteiger partial charge in [-0.25, -0.2) is 0 Å². The standard InChI is InChI=1S/C19H23NO3S/c1-2-23-16-7-5-14(6-8-16)18(17-4-3-13-24-17)20-11-9-15(10-12-20)19(21)22/h3-8,13,15,18H,2,9-12H2,1H3,(H,21,22). The van der Waals surface area contributed by atoms with Gasteiger partial charge in [-0.2, -0.15) is 0 Å². The molecule has 24 heavy (non-hydrogen) atoms. The SMILES string of the molecule is CCOc1ccc(C(c2cccs2)N2CCC(C(=O)O)CC2)cc1. The quantitative estimate of drug-likeness (QED) is 0.859. The number of nitrogens with zero attached hydrogens (tertiary/aromatic N) is 1. The van der Waals surface area contributed by atoms with Crippen LogP contribution in [0.5, 0.6) is 5.75 Å². The molecule has 5 heteroatoms. The number of hydrogen-bond donors (Lipinski definition) is 1. The molecule has 3 rings (SSSR count). The monoisotopic (exact) mass is 345 g/mol. The Morgan fingerprint density at radius 1 is 1.29 bits per heavy atom. The van der Waals surface area contributed by atoms with Crippen molar-refractivity contribution in [2.75, 3.05) is 19.7 Å². The second kappa shape index (κ2) is 7.81. The average molecular weight is 345 g/mol. The van der Waals surface area contributed by atoms with Crippen molar-refractivity contribution in [2.24, 2.45) is 5.92 Å². The number of rotatable bonds is 6. The lowest BCUT2D eigenvalue weighted by molar-refractivity contribution is -0.143. The second-order valence-corrected chi connectivity index (χ2v) is 7.05. The van der Waals surface area contributed by atoms with E-state index in [1.807, 2.05) is 19.1 Å². The number of benzene rings is 1. The largest absolute Gasteiger partial charge is 0.494 e. The summed E-state index contributed by atoms with van der Waals surface area (Å²) >= 11 is 1.75. The molecule has 1 aromatic heterocycles. The molecule has 1 aliphatic heterocycles. The first-order valence-electron chi connectivity index (χ1n) is 8.42. The van der Waals surface area contributed by atoms with Gasteiger partial charge in [-0.15, -0.1) is 11.3 Å². The molecule has 2 aromatic rings. The zero-order chi connectivity index (χ0) is 16.9. The molecule has 1 fully saturated rings. The Kier molecular flexibility index (Phi) is 5.53. The number of likely N-dealkylation sites (tertiary alicyclic amines) is 1. The highest BCUT2D eigenvalue weighted by Crippen LogP contribution is 2.35. The van der Waals surface area contributed by atoms with E-state index >= 15 is 0 Å². The molecule has 0 bridgehead atoms. The third-order valence-corrected chi connectivity index (χ3v) is 5.49. The van der Waals surface area contributed by atoms with Crippen molar-refractivity contribution in [3.63, 3.8) is 0 Å². The molecule has 1 aliphatic rings. The van der Waals surface area contributed by atoms with E-state index in [1.165, 1.54) is 10.4 Å². The fraction of sp³-hybridized carbons (Fsp3) is 0.421. The van der Waals surface area contributed by atoms with Crippen molar-refractivity contribution < 1.29 is 14.6 Å². The molecule has 128 valence electrons. The van der Waals surface area contributed by atoms with Crippen LogP contribution in [0.2, 0.25) is 0 Å². The van der Waals surface area contributed by atoms with E-state index in [1.54, 1.807) is 11.3 Å². The number of aliphatic carboxylic acids is 1. The highest BCUT2D eigenvalue weighted by molar-refractivity contribution is 7.10. The topological polar surface area (TPSA) is 49.8 Å². The number of hydrogen-bond acceptors (Lipinski definition) is 4. The summed E-state index contributed by atoms with van der Waals surface area (Å²) in [4.78, 5) is 14.9. The van der Waals surface area contributed by atoms with Gasteiger partial charge in [-0.1, -0.05) is 18.2 Å². The van der Waals surface area contributed by atoms with Crippen LogP contribution in [-0.2, 0) is 4.79 Å². The third-order valence-electron chi connectivity index (χ3n) is 4.56. The number of ether oxygens (including phenoxy) is 1. The average Bonchev–Trinajstić information content (AvgIpc) is 3.11. The van der Waals surface area contributed by atoms with Crippen LogP contribution in [0.15, 0.2) is 41.8 Å². The van der Waals surface area contributed by atoms with Gasteiger partial charge in [0.25, 0.3) is 0 Å². The number of piperidine rings is 1. The van der Waals surface area contributed by atoms with Gasteiger partial charge in [0.15, 0.2) is 0 Å². The summed E-state index contributed by atoms with van der Waals surface area (Å²) in [5.41, 5.74) is 1.23. The third kappa shape index (κ3) is 3.79. The highest BCUT2D eigenvalue weighted by Gasteiger charge is 2.30. The molecule has 1 aromatic carbocycles.